The van der Waals surface area contributed by atoms with E-state index in [2.05, 4.69) is 20.7 Å². The second-order valence-electron chi connectivity index (χ2n) is 3.11. The lowest BCUT2D eigenvalue weighted by Crippen LogP contribution is -2.19. The van der Waals surface area contributed by atoms with Crippen LogP contribution < -0.4 is 4.74 Å². The monoisotopic (exact) mass is 332 g/mol. The highest BCUT2D eigenvalue weighted by atomic mass is 79.9. The van der Waals surface area contributed by atoms with Gasteiger partial charge >= 0.3 is 6.18 Å². The number of alkyl halides is 4. The summed E-state index contributed by atoms with van der Waals surface area (Å²) in [5.74, 6) is 0.687. The Hall–Kier alpha value is -0.460. The van der Waals surface area contributed by atoms with Gasteiger partial charge in [0.05, 0.1) is 0 Å². The summed E-state index contributed by atoms with van der Waals surface area (Å²) < 4.78 is 45.4. The molecule has 0 saturated heterocycles. The van der Waals surface area contributed by atoms with Crippen LogP contribution in [-0.4, -0.2) is 19.6 Å². The maximum absolute atomic E-state index is 11.7. The molecule has 0 aliphatic rings. The van der Waals surface area contributed by atoms with E-state index in [1.807, 2.05) is 0 Å². The fourth-order valence-corrected chi connectivity index (χ4v) is 1.78. The molecular formula is C10H9BrClF3O2. The van der Waals surface area contributed by atoms with E-state index in [-0.39, 0.29) is 5.88 Å². The van der Waals surface area contributed by atoms with Crippen molar-refractivity contribution in [2.45, 2.75) is 12.1 Å². The Labute approximate surface area is 110 Å². The number of hydrogen-bond acceptors (Lipinski definition) is 2. The van der Waals surface area contributed by atoms with Gasteiger partial charge in [-0.25, -0.2) is 0 Å². The predicted octanol–water partition coefficient (Wildman–Crippen LogP) is 4.10. The van der Waals surface area contributed by atoms with Crippen molar-refractivity contribution in [1.29, 1.82) is 0 Å². The Morgan fingerprint density at radius 3 is 2.59 bits per heavy atom. The molecule has 1 rings (SSSR count). The van der Waals surface area contributed by atoms with Crippen LogP contribution in [0, 0.1) is 0 Å². The smallest absolute Gasteiger partial charge is 0.411 e. The van der Waals surface area contributed by atoms with Crippen molar-refractivity contribution in [3.8, 4) is 5.75 Å². The number of halogens is 5. The van der Waals surface area contributed by atoms with Gasteiger partial charge < -0.3 is 9.47 Å². The van der Waals surface area contributed by atoms with Crippen molar-refractivity contribution in [1.82, 2.24) is 0 Å². The lowest BCUT2D eigenvalue weighted by Gasteiger charge is -2.10. The van der Waals surface area contributed by atoms with E-state index >= 15 is 0 Å². The lowest BCUT2D eigenvalue weighted by molar-refractivity contribution is -0.186. The largest absolute Gasteiger partial charge is 0.468 e. The first-order valence-corrected chi connectivity index (χ1v) is 5.87. The van der Waals surface area contributed by atoms with Crippen molar-refractivity contribution < 1.29 is 22.6 Å². The second kappa shape index (κ2) is 6.47. The molecule has 0 amide bonds. The highest BCUT2D eigenvalue weighted by Gasteiger charge is 2.27. The first-order valence-electron chi connectivity index (χ1n) is 4.54. The van der Waals surface area contributed by atoms with Gasteiger partial charge in [0.2, 0.25) is 0 Å². The molecule has 0 aliphatic heterocycles. The highest BCUT2D eigenvalue weighted by molar-refractivity contribution is 9.10. The molecule has 2 nitrogen and oxygen atoms in total. The fourth-order valence-electron chi connectivity index (χ4n) is 1.01. The zero-order valence-corrected chi connectivity index (χ0v) is 10.9. The van der Waals surface area contributed by atoms with Gasteiger partial charge in [-0.1, -0.05) is 15.9 Å². The van der Waals surface area contributed by atoms with Crippen molar-refractivity contribution in [3.63, 3.8) is 0 Å². The third-order valence-electron chi connectivity index (χ3n) is 1.74. The fraction of sp³-hybridized carbons (Fsp3) is 0.400. The summed E-state index contributed by atoms with van der Waals surface area (Å²) >= 11 is 8.94. The number of rotatable bonds is 5. The molecule has 0 aromatic heterocycles. The van der Waals surface area contributed by atoms with E-state index < -0.39 is 19.6 Å². The van der Waals surface area contributed by atoms with E-state index in [1.54, 1.807) is 18.2 Å². The highest BCUT2D eigenvalue weighted by Crippen LogP contribution is 2.24. The molecule has 0 fully saturated rings. The molecule has 0 N–H and O–H groups in total. The summed E-state index contributed by atoms with van der Waals surface area (Å²) in [6.45, 7) is -1.78. The second-order valence-corrected chi connectivity index (χ2v) is 4.23. The van der Waals surface area contributed by atoms with Crippen LogP contribution in [0.2, 0.25) is 0 Å². The van der Waals surface area contributed by atoms with Crippen LogP contribution in [0.3, 0.4) is 0 Å². The maximum atomic E-state index is 11.7. The summed E-state index contributed by atoms with van der Waals surface area (Å²) in [5, 5.41) is 0. The van der Waals surface area contributed by atoms with Gasteiger partial charge in [0.1, 0.15) is 12.4 Å². The summed E-state index contributed by atoms with van der Waals surface area (Å²) in [6.07, 6.45) is -4.34. The van der Waals surface area contributed by atoms with Crippen molar-refractivity contribution >= 4 is 27.5 Å². The molecule has 0 unspecified atom stereocenters. The van der Waals surface area contributed by atoms with Crippen LogP contribution in [0.25, 0.3) is 0 Å². The van der Waals surface area contributed by atoms with Crippen LogP contribution in [0.1, 0.15) is 5.56 Å². The van der Waals surface area contributed by atoms with E-state index in [1.165, 1.54) is 0 Å². The zero-order valence-electron chi connectivity index (χ0n) is 8.56. The van der Waals surface area contributed by atoms with E-state index in [4.69, 9.17) is 16.3 Å². The molecule has 0 saturated carbocycles. The molecule has 7 heteroatoms. The Morgan fingerprint density at radius 1 is 1.29 bits per heavy atom. The molecule has 1 aromatic rings. The van der Waals surface area contributed by atoms with Gasteiger partial charge in [-0.15, -0.1) is 11.6 Å². The number of benzene rings is 1. The molecule has 0 atom stereocenters. The third kappa shape index (κ3) is 5.61. The van der Waals surface area contributed by atoms with E-state index in [0.29, 0.717) is 5.75 Å². The van der Waals surface area contributed by atoms with Gasteiger partial charge in [-0.05, 0) is 23.8 Å². The minimum atomic E-state index is -4.34. The Kier molecular flexibility index (Phi) is 5.55. The molecule has 0 bridgehead atoms. The molecule has 1 aromatic carbocycles. The van der Waals surface area contributed by atoms with Gasteiger partial charge in [-0.3, -0.25) is 0 Å². The lowest BCUT2D eigenvalue weighted by atomic mass is 10.2. The Morgan fingerprint density at radius 2 is 2.00 bits per heavy atom. The molecule has 0 radical (unpaired) electrons. The summed E-state index contributed by atoms with van der Waals surface area (Å²) in [5.41, 5.74) is 0.792. The van der Waals surface area contributed by atoms with Gasteiger partial charge in [0.15, 0.2) is 6.79 Å². The molecule has 96 valence electrons. The quantitative estimate of drug-likeness (QED) is 0.459. The van der Waals surface area contributed by atoms with Crippen LogP contribution in [0.5, 0.6) is 5.75 Å². The normalized spacial score (nSPS) is 11.6. The van der Waals surface area contributed by atoms with Crippen LogP contribution in [0.4, 0.5) is 13.2 Å². The molecule has 0 heterocycles. The standard InChI is InChI=1S/C10H9BrClF3O2/c11-9-2-1-8(3-7(9)4-12)17-6-16-5-10(13,14)15/h1-3H,4-6H2. The third-order valence-corrected chi connectivity index (χ3v) is 2.80. The number of hydrogen-bond donors (Lipinski definition) is 0. The van der Waals surface area contributed by atoms with Crippen LogP contribution in [-0.2, 0) is 10.6 Å². The molecule has 17 heavy (non-hydrogen) atoms. The molecule has 0 spiro atoms. The summed E-state index contributed by atoms with van der Waals surface area (Å²) in [4.78, 5) is 0. The van der Waals surface area contributed by atoms with Crippen molar-refractivity contribution in [3.05, 3.63) is 28.2 Å². The zero-order chi connectivity index (χ0) is 12.9. The van der Waals surface area contributed by atoms with E-state index in [0.717, 1.165) is 10.0 Å². The van der Waals surface area contributed by atoms with Gasteiger partial charge in [-0.2, -0.15) is 13.2 Å². The topological polar surface area (TPSA) is 18.5 Å². The van der Waals surface area contributed by atoms with Crippen LogP contribution >= 0.6 is 27.5 Å². The summed E-state index contributed by atoms with van der Waals surface area (Å²) in [6, 6.07) is 4.95. The first-order chi connectivity index (χ1) is 7.92. The van der Waals surface area contributed by atoms with Crippen LogP contribution in [0.15, 0.2) is 22.7 Å². The first kappa shape index (κ1) is 14.6. The van der Waals surface area contributed by atoms with Crippen molar-refractivity contribution in [2.75, 3.05) is 13.4 Å². The molecular weight excluding hydrogens is 324 g/mol. The minimum Gasteiger partial charge on any atom is -0.468 e. The SMILES string of the molecule is FC(F)(F)COCOc1ccc(Br)c(CCl)c1. The predicted molar refractivity (Wildman–Crippen MR) is 61.2 cm³/mol. The Balaban J connectivity index is 2.42. The van der Waals surface area contributed by atoms with E-state index in [9.17, 15) is 13.2 Å². The minimum absolute atomic E-state index is 0.279. The summed E-state index contributed by atoms with van der Waals surface area (Å²) in [7, 11) is 0. The Bertz CT molecular complexity index is 371. The average Bonchev–Trinajstić information content (AvgIpc) is 2.25. The average molecular weight is 334 g/mol. The van der Waals surface area contributed by atoms with Crippen molar-refractivity contribution in [2.24, 2.45) is 0 Å². The maximum Gasteiger partial charge on any atom is 0.411 e. The number of ether oxygens (including phenoxy) is 2. The molecule has 0 aliphatic carbocycles. The van der Waals surface area contributed by atoms with Gasteiger partial charge in [0, 0.05) is 10.4 Å². The van der Waals surface area contributed by atoms with Gasteiger partial charge in [0.25, 0.3) is 0 Å².